The molecule has 4 heteroatoms. The topological polar surface area (TPSA) is 65.5 Å². The lowest BCUT2D eigenvalue weighted by molar-refractivity contribution is 0.0601. The van der Waals surface area contributed by atoms with Gasteiger partial charge >= 0.3 is 5.97 Å². The molecule has 1 aromatic carbocycles. The van der Waals surface area contributed by atoms with Gasteiger partial charge in [0, 0.05) is 5.39 Å². The van der Waals surface area contributed by atoms with Gasteiger partial charge in [-0.2, -0.15) is 0 Å². The van der Waals surface area contributed by atoms with Gasteiger partial charge in [0.15, 0.2) is 0 Å². The highest BCUT2D eigenvalue weighted by molar-refractivity contribution is 6.02. The fraction of sp³-hybridized carbons (Fsp3) is 0.250. The summed E-state index contributed by atoms with van der Waals surface area (Å²) in [5.74, 6) is 0.261. The molecule has 0 radical (unpaired) electrons. The summed E-state index contributed by atoms with van der Waals surface area (Å²) in [6.45, 7) is 2.23. The number of benzene rings is 1. The van der Waals surface area contributed by atoms with E-state index in [0.29, 0.717) is 23.5 Å². The summed E-state index contributed by atoms with van der Waals surface area (Å²) >= 11 is 0. The zero-order valence-electron chi connectivity index (χ0n) is 9.24. The summed E-state index contributed by atoms with van der Waals surface area (Å²) < 4.78 is 10.2. The predicted octanol–water partition coefficient (Wildman–Crippen LogP) is 1.99. The van der Waals surface area contributed by atoms with E-state index in [0.717, 1.165) is 10.9 Å². The van der Waals surface area contributed by atoms with E-state index in [9.17, 15) is 4.79 Å². The molecule has 84 valence electrons. The molecule has 0 spiro atoms. The zero-order chi connectivity index (χ0) is 11.7. The fourth-order valence-electron chi connectivity index (χ4n) is 1.72. The molecule has 1 heterocycles. The minimum absolute atomic E-state index is 0.314. The number of aryl methyl sites for hydroxylation is 1. The van der Waals surface area contributed by atoms with Crippen LogP contribution in [-0.2, 0) is 11.3 Å². The van der Waals surface area contributed by atoms with Crippen LogP contribution < -0.4 is 5.73 Å². The first-order chi connectivity index (χ1) is 7.65. The third-order valence-corrected chi connectivity index (χ3v) is 2.42. The van der Waals surface area contributed by atoms with Crippen molar-refractivity contribution in [1.29, 1.82) is 0 Å². The number of fused-ring (bicyclic) bond motifs is 1. The second-order valence-corrected chi connectivity index (χ2v) is 3.64. The molecule has 0 unspecified atom stereocenters. The van der Waals surface area contributed by atoms with Gasteiger partial charge in [-0.05, 0) is 30.7 Å². The largest absolute Gasteiger partial charge is 0.465 e. The second-order valence-electron chi connectivity index (χ2n) is 3.64. The van der Waals surface area contributed by atoms with E-state index in [2.05, 4.69) is 0 Å². The summed E-state index contributed by atoms with van der Waals surface area (Å²) in [6.07, 6.45) is 0. The average Bonchev–Trinajstić information content (AvgIpc) is 2.69. The Hall–Kier alpha value is -1.81. The van der Waals surface area contributed by atoms with Gasteiger partial charge in [-0.1, -0.05) is 0 Å². The molecule has 0 aliphatic carbocycles. The van der Waals surface area contributed by atoms with Gasteiger partial charge in [0.25, 0.3) is 0 Å². The number of methoxy groups -OCH3 is 1. The van der Waals surface area contributed by atoms with Gasteiger partial charge in [0.2, 0.25) is 0 Å². The minimum Gasteiger partial charge on any atom is -0.465 e. The van der Waals surface area contributed by atoms with Crippen molar-refractivity contribution >= 4 is 16.9 Å². The van der Waals surface area contributed by atoms with E-state index in [4.69, 9.17) is 14.9 Å². The Labute approximate surface area is 93.0 Å². The number of esters is 1. The Morgan fingerprint density at radius 1 is 1.44 bits per heavy atom. The third-order valence-electron chi connectivity index (χ3n) is 2.42. The standard InChI is InChI=1S/C12H13NO3/c1-7-3-8-5-9(6-13)16-11(8)10(4-7)12(14)15-2/h3-5H,6,13H2,1-2H3. The van der Waals surface area contributed by atoms with Gasteiger partial charge in [-0.3, -0.25) is 0 Å². The molecular weight excluding hydrogens is 206 g/mol. The number of furan rings is 1. The molecule has 0 saturated heterocycles. The Morgan fingerprint density at radius 2 is 2.19 bits per heavy atom. The van der Waals surface area contributed by atoms with Crippen LogP contribution in [0.4, 0.5) is 0 Å². The highest BCUT2D eigenvalue weighted by atomic mass is 16.5. The van der Waals surface area contributed by atoms with Crippen molar-refractivity contribution in [3.8, 4) is 0 Å². The maximum atomic E-state index is 11.6. The van der Waals surface area contributed by atoms with E-state index in [1.165, 1.54) is 7.11 Å². The van der Waals surface area contributed by atoms with E-state index in [1.54, 1.807) is 6.07 Å². The van der Waals surface area contributed by atoms with Gasteiger partial charge in [0.05, 0.1) is 13.7 Å². The number of rotatable bonds is 2. The highest BCUT2D eigenvalue weighted by Crippen LogP contribution is 2.25. The Bertz CT molecular complexity index is 542. The van der Waals surface area contributed by atoms with Crippen molar-refractivity contribution in [1.82, 2.24) is 0 Å². The Balaban J connectivity index is 2.70. The van der Waals surface area contributed by atoms with Crippen LogP contribution in [0.3, 0.4) is 0 Å². The predicted molar refractivity (Wildman–Crippen MR) is 60.2 cm³/mol. The lowest BCUT2D eigenvalue weighted by atomic mass is 10.1. The lowest BCUT2D eigenvalue weighted by Gasteiger charge is -2.01. The smallest absolute Gasteiger partial charge is 0.341 e. The Morgan fingerprint density at radius 3 is 2.81 bits per heavy atom. The van der Waals surface area contributed by atoms with Crippen molar-refractivity contribution in [3.63, 3.8) is 0 Å². The monoisotopic (exact) mass is 219 g/mol. The maximum absolute atomic E-state index is 11.6. The van der Waals surface area contributed by atoms with Crippen molar-refractivity contribution in [2.24, 2.45) is 5.73 Å². The van der Waals surface area contributed by atoms with E-state index in [1.807, 2.05) is 19.1 Å². The normalized spacial score (nSPS) is 10.7. The molecular formula is C12H13NO3. The van der Waals surface area contributed by atoms with Crippen LogP contribution in [0, 0.1) is 6.92 Å². The zero-order valence-corrected chi connectivity index (χ0v) is 9.24. The summed E-state index contributed by atoms with van der Waals surface area (Å²) in [6, 6.07) is 5.54. The van der Waals surface area contributed by atoms with E-state index < -0.39 is 5.97 Å². The lowest BCUT2D eigenvalue weighted by Crippen LogP contribution is -2.01. The molecule has 1 aromatic heterocycles. The number of ether oxygens (including phenoxy) is 1. The highest BCUT2D eigenvalue weighted by Gasteiger charge is 2.15. The first-order valence-electron chi connectivity index (χ1n) is 4.97. The van der Waals surface area contributed by atoms with Crippen LogP contribution in [0.5, 0.6) is 0 Å². The summed E-state index contributed by atoms with van der Waals surface area (Å²) in [5.41, 5.74) is 7.47. The molecule has 0 bridgehead atoms. The first kappa shape index (κ1) is 10.7. The molecule has 2 rings (SSSR count). The van der Waals surface area contributed by atoms with Gasteiger partial charge in [-0.25, -0.2) is 4.79 Å². The number of carbonyl (C=O) groups excluding carboxylic acids is 1. The second kappa shape index (κ2) is 3.98. The molecule has 0 fully saturated rings. The molecule has 0 aliphatic rings. The maximum Gasteiger partial charge on any atom is 0.341 e. The van der Waals surface area contributed by atoms with Gasteiger partial charge < -0.3 is 14.9 Å². The fourth-order valence-corrected chi connectivity index (χ4v) is 1.72. The number of hydrogen-bond donors (Lipinski definition) is 1. The molecule has 16 heavy (non-hydrogen) atoms. The minimum atomic E-state index is -0.397. The summed E-state index contributed by atoms with van der Waals surface area (Å²) in [4.78, 5) is 11.6. The Kier molecular flexibility index (Phi) is 2.66. The van der Waals surface area contributed by atoms with Crippen LogP contribution in [-0.4, -0.2) is 13.1 Å². The third kappa shape index (κ3) is 1.67. The SMILES string of the molecule is COC(=O)c1cc(C)cc2cc(CN)oc12. The average molecular weight is 219 g/mol. The van der Waals surface area contributed by atoms with Crippen molar-refractivity contribution in [2.45, 2.75) is 13.5 Å². The van der Waals surface area contributed by atoms with Crippen molar-refractivity contribution in [2.75, 3.05) is 7.11 Å². The molecule has 4 nitrogen and oxygen atoms in total. The first-order valence-corrected chi connectivity index (χ1v) is 4.97. The number of hydrogen-bond acceptors (Lipinski definition) is 4. The summed E-state index contributed by atoms with van der Waals surface area (Å²) in [7, 11) is 1.35. The quantitative estimate of drug-likeness (QED) is 0.784. The molecule has 2 N–H and O–H groups in total. The van der Waals surface area contributed by atoms with E-state index >= 15 is 0 Å². The molecule has 0 saturated carbocycles. The van der Waals surface area contributed by atoms with Crippen LogP contribution >= 0.6 is 0 Å². The molecule has 0 aliphatic heterocycles. The van der Waals surface area contributed by atoms with Crippen LogP contribution in [0.15, 0.2) is 22.6 Å². The van der Waals surface area contributed by atoms with Crippen molar-refractivity contribution in [3.05, 3.63) is 35.1 Å². The summed E-state index contributed by atoms with van der Waals surface area (Å²) in [5, 5.41) is 0.876. The van der Waals surface area contributed by atoms with Crippen molar-refractivity contribution < 1.29 is 13.9 Å². The number of carbonyl (C=O) groups is 1. The van der Waals surface area contributed by atoms with Crippen LogP contribution in [0.1, 0.15) is 21.7 Å². The van der Waals surface area contributed by atoms with Gasteiger partial charge in [0.1, 0.15) is 16.9 Å². The number of nitrogens with two attached hydrogens (primary N) is 1. The molecule has 0 amide bonds. The van der Waals surface area contributed by atoms with Crippen LogP contribution in [0.2, 0.25) is 0 Å². The molecule has 0 atom stereocenters. The van der Waals surface area contributed by atoms with Crippen LogP contribution in [0.25, 0.3) is 11.0 Å². The van der Waals surface area contributed by atoms with Gasteiger partial charge in [-0.15, -0.1) is 0 Å². The van der Waals surface area contributed by atoms with E-state index in [-0.39, 0.29) is 0 Å². The molecule has 2 aromatic rings.